The summed E-state index contributed by atoms with van der Waals surface area (Å²) < 4.78 is 10.3. The lowest BCUT2D eigenvalue weighted by Crippen LogP contribution is -2.48. The van der Waals surface area contributed by atoms with Crippen molar-refractivity contribution in [2.45, 2.75) is 13.5 Å². The van der Waals surface area contributed by atoms with Gasteiger partial charge in [0.05, 0.1) is 19.4 Å². The van der Waals surface area contributed by atoms with E-state index in [4.69, 9.17) is 9.15 Å². The third-order valence-electron chi connectivity index (χ3n) is 2.86. The highest BCUT2D eigenvalue weighted by Gasteiger charge is 2.22. The largest absolute Gasteiger partial charge is 0.468 e. The minimum Gasteiger partial charge on any atom is -0.468 e. The van der Waals surface area contributed by atoms with Gasteiger partial charge in [-0.1, -0.05) is 0 Å². The standard InChI is InChI=1S/C12H18N2O3/c1-2-16-12(15)14-7-5-13(6-8-14)10-11-4-3-9-17-11/h3-4,9H,2,5-8,10H2,1H3. The Morgan fingerprint density at radius 2 is 2.18 bits per heavy atom. The number of carbonyl (C=O) groups is 1. The first-order chi connectivity index (χ1) is 8.29. The second kappa shape index (κ2) is 5.72. The van der Waals surface area contributed by atoms with Crippen LogP contribution in [0.1, 0.15) is 12.7 Å². The smallest absolute Gasteiger partial charge is 0.409 e. The summed E-state index contributed by atoms with van der Waals surface area (Å²) in [6.45, 7) is 6.23. The van der Waals surface area contributed by atoms with Crippen molar-refractivity contribution in [2.24, 2.45) is 0 Å². The van der Waals surface area contributed by atoms with Crippen LogP contribution in [0.4, 0.5) is 4.79 Å². The fourth-order valence-electron chi connectivity index (χ4n) is 1.93. The molecule has 0 spiro atoms. The Kier molecular flexibility index (Phi) is 4.03. The molecular formula is C12H18N2O3. The first-order valence-electron chi connectivity index (χ1n) is 5.96. The van der Waals surface area contributed by atoms with E-state index in [0.29, 0.717) is 6.61 Å². The van der Waals surface area contributed by atoms with E-state index in [1.54, 1.807) is 11.2 Å². The molecule has 0 aromatic carbocycles. The number of furan rings is 1. The number of ether oxygens (including phenoxy) is 1. The highest BCUT2D eigenvalue weighted by Crippen LogP contribution is 2.09. The Morgan fingerprint density at radius 3 is 2.76 bits per heavy atom. The van der Waals surface area contributed by atoms with Crippen LogP contribution in [0.5, 0.6) is 0 Å². The van der Waals surface area contributed by atoms with Gasteiger partial charge in [-0.15, -0.1) is 0 Å². The maximum Gasteiger partial charge on any atom is 0.409 e. The molecule has 1 aromatic rings. The lowest BCUT2D eigenvalue weighted by Gasteiger charge is -2.33. The highest BCUT2D eigenvalue weighted by atomic mass is 16.6. The molecule has 0 radical (unpaired) electrons. The predicted molar refractivity (Wildman–Crippen MR) is 62.6 cm³/mol. The normalized spacial score (nSPS) is 17.1. The number of nitrogens with zero attached hydrogens (tertiary/aromatic N) is 2. The van der Waals surface area contributed by atoms with Gasteiger partial charge in [-0.2, -0.15) is 0 Å². The Labute approximate surface area is 101 Å². The van der Waals surface area contributed by atoms with E-state index in [1.165, 1.54) is 0 Å². The Hall–Kier alpha value is -1.49. The molecule has 1 saturated heterocycles. The molecule has 2 rings (SSSR count). The SMILES string of the molecule is CCOC(=O)N1CCN(Cc2ccco2)CC1. The number of hydrogen-bond donors (Lipinski definition) is 0. The van der Waals surface area contributed by atoms with Crippen molar-refractivity contribution in [1.29, 1.82) is 0 Å². The molecule has 2 heterocycles. The second-order valence-electron chi connectivity index (χ2n) is 4.04. The van der Waals surface area contributed by atoms with E-state index in [-0.39, 0.29) is 6.09 Å². The molecule has 0 N–H and O–H groups in total. The predicted octanol–water partition coefficient (Wildman–Crippen LogP) is 1.55. The van der Waals surface area contributed by atoms with Gasteiger partial charge >= 0.3 is 6.09 Å². The summed E-state index contributed by atoms with van der Waals surface area (Å²) in [6, 6.07) is 3.86. The minimum absolute atomic E-state index is 0.204. The van der Waals surface area contributed by atoms with Crippen LogP contribution in [-0.4, -0.2) is 48.7 Å². The van der Waals surface area contributed by atoms with E-state index >= 15 is 0 Å². The van der Waals surface area contributed by atoms with E-state index in [1.807, 2.05) is 19.1 Å². The molecule has 5 nitrogen and oxygen atoms in total. The van der Waals surface area contributed by atoms with Gasteiger partial charge in [0, 0.05) is 26.2 Å². The van der Waals surface area contributed by atoms with Crippen molar-refractivity contribution in [3.05, 3.63) is 24.2 Å². The molecule has 0 saturated carbocycles. The molecular weight excluding hydrogens is 220 g/mol. The zero-order valence-corrected chi connectivity index (χ0v) is 10.1. The minimum atomic E-state index is -0.204. The number of carbonyl (C=O) groups excluding carboxylic acids is 1. The van der Waals surface area contributed by atoms with Crippen LogP contribution in [0.15, 0.2) is 22.8 Å². The molecule has 1 aliphatic rings. The maximum atomic E-state index is 11.5. The van der Waals surface area contributed by atoms with Crippen LogP contribution in [0.2, 0.25) is 0 Å². The van der Waals surface area contributed by atoms with E-state index < -0.39 is 0 Å². The summed E-state index contributed by atoms with van der Waals surface area (Å²) in [4.78, 5) is 15.5. The number of hydrogen-bond acceptors (Lipinski definition) is 4. The maximum absolute atomic E-state index is 11.5. The fraction of sp³-hybridized carbons (Fsp3) is 0.583. The van der Waals surface area contributed by atoms with Crippen molar-refractivity contribution in [3.8, 4) is 0 Å². The number of amides is 1. The van der Waals surface area contributed by atoms with Gasteiger partial charge in [0.2, 0.25) is 0 Å². The quantitative estimate of drug-likeness (QED) is 0.801. The lowest BCUT2D eigenvalue weighted by atomic mass is 10.3. The fourth-order valence-corrected chi connectivity index (χ4v) is 1.93. The van der Waals surface area contributed by atoms with Crippen molar-refractivity contribution in [3.63, 3.8) is 0 Å². The zero-order chi connectivity index (χ0) is 12.1. The first-order valence-corrected chi connectivity index (χ1v) is 5.96. The van der Waals surface area contributed by atoms with E-state index in [9.17, 15) is 4.79 Å². The summed E-state index contributed by atoms with van der Waals surface area (Å²) >= 11 is 0. The van der Waals surface area contributed by atoms with Crippen molar-refractivity contribution in [1.82, 2.24) is 9.80 Å². The molecule has 1 aliphatic heterocycles. The van der Waals surface area contributed by atoms with Gasteiger partial charge in [0.1, 0.15) is 5.76 Å². The Balaban J connectivity index is 1.76. The summed E-state index contributed by atoms with van der Waals surface area (Å²) in [7, 11) is 0. The first kappa shape index (κ1) is 12.0. The highest BCUT2D eigenvalue weighted by molar-refractivity contribution is 5.67. The van der Waals surface area contributed by atoms with Gasteiger partial charge < -0.3 is 14.1 Å². The monoisotopic (exact) mass is 238 g/mol. The average molecular weight is 238 g/mol. The molecule has 5 heteroatoms. The third-order valence-corrected chi connectivity index (χ3v) is 2.86. The van der Waals surface area contributed by atoms with Crippen LogP contribution >= 0.6 is 0 Å². The third kappa shape index (κ3) is 3.23. The Bertz CT molecular complexity index is 343. The van der Waals surface area contributed by atoms with Crippen molar-refractivity contribution in [2.75, 3.05) is 32.8 Å². The van der Waals surface area contributed by atoms with Gasteiger partial charge in [-0.25, -0.2) is 4.79 Å². The molecule has 0 bridgehead atoms. The topological polar surface area (TPSA) is 45.9 Å². The molecule has 0 aliphatic carbocycles. The van der Waals surface area contributed by atoms with Crippen molar-refractivity contribution < 1.29 is 13.9 Å². The molecule has 0 atom stereocenters. The molecule has 1 amide bonds. The van der Waals surface area contributed by atoms with E-state index in [2.05, 4.69) is 4.90 Å². The van der Waals surface area contributed by atoms with Gasteiger partial charge in [-0.05, 0) is 19.1 Å². The van der Waals surface area contributed by atoms with E-state index in [0.717, 1.165) is 38.5 Å². The molecule has 0 unspecified atom stereocenters. The molecule has 17 heavy (non-hydrogen) atoms. The van der Waals surface area contributed by atoms with Crippen molar-refractivity contribution >= 4 is 6.09 Å². The summed E-state index contributed by atoms with van der Waals surface area (Å²) in [5, 5.41) is 0. The lowest BCUT2D eigenvalue weighted by molar-refractivity contribution is 0.0760. The zero-order valence-electron chi connectivity index (χ0n) is 10.1. The second-order valence-corrected chi connectivity index (χ2v) is 4.04. The Morgan fingerprint density at radius 1 is 1.41 bits per heavy atom. The van der Waals surface area contributed by atoms with Gasteiger partial charge in [0.25, 0.3) is 0 Å². The summed E-state index contributed by atoms with van der Waals surface area (Å²) in [6.07, 6.45) is 1.48. The van der Waals surface area contributed by atoms with Crippen LogP contribution in [0.3, 0.4) is 0 Å². The van der Waals surface area contributed by atoms with Gasteiger partial charge in [0.15, 0.2) is 0 Å². The van der Waals surface area contributed by atoms with Crippen LogP contribution in [-0.2, 0) is 11.3 Å². The molecule has 1 aromatic heterocycles. The van der Waals surface area contributed by atoms with Crippen LogP contribution in [0.25, 0.3) is 0 Å². The summed E-state index contributed by atoms with van der Waals surface area (Å²) in [5.74, 6) is 0.967. The summed E-state index contributed by atoms with van der Waals surface area (Å²) in [5.41, 5.74) is 0. The van der Waals surface area contributed by atoms with Crippen LogP contribution in [0, 0.1) is 0 Å². The number of rotatable bonds is 3. The average Bonchev–Trinajstić information content (AvgIpc) is 2.83. The molecule has 94 valence electrons. The van der Waals surface area contributed by atoms with Crippen LogP contribution < -0.4 is 0 Å². The van der Waals surface area contributed by atoms with Gasteiger partial charge in [-0.3, -0.25) is 4.90 Å². The number of piperazine rings is 1. The molecule has 1 fully saturated rings.